The van der Waals surface area contributed by atoms with Gasteiger partial charge in [-0.15, -0.1) is 0 Å². The largest absolute Gasteiger partial charge is 0.480 e. The summed E-state index contributed by atoms with van der Waals surface area (Å²) in [6.07, 6.45) is 0. The summed E-state index contributed by atoms with van der Waals surface area (Å²) in [6, 6.07) is 4.44. The lowest BCUT2D eigenvalue weighted by Gasteiger charge is -2.18. The Morgan fingerprint density at radius 1 is 1.33 bits per heavy atom. The van der Waals surface area contributed by atoms with E-state index in [2.05, 4.69) is 27.9 Å². The molecule has 1 aromatic rings. The van der Waals surface area contributed by atoms with Crippen LogP contribution in [-0.2, 0) is 4.79 Å². The predicted octanol–water partition coefficient (Wildman–Crippen LogP) is 2.44. The summed E-state index contributed by atoms with van der Waals surface area (Å²) in [7, 11) is 0. The van der Waals surface area contributed by atoms with E-state index < -0.39 is 12.0 Å². The molecule has 0 heterocycles. The summed E-state index contributed by atoms with van der Waals surface area (Å²) >= 11 is 2.15. The van der Waals surface area contributed by atoms with Gasteiger partial charge in [-0.2, -0.15) is 0 Å². The maximum atomic E-state index is 11.9. The standard InChI is InChI=1S/C13H16INO3/c1-7(2)11(13(17)18)15-12(16)9-5-4-8(3)10(14)6-9/h4-7,11H,1-3H3,(H,15,16)(H,17,18)/t11-/m1/s1. The van der Waals surface area contributed by atoms with E-state index in [9.17, 15) is 9.59 Å². The fraction of sp³-hybridized carbons (Fsp3) is 0.385. The lowest BCUT2D eigenvalue weighted by Crippen LogP contribution is -2.44. The predicted molar refractivity (Wildman–Crippen MR) is 77.6 cm³/mol. The number of benzene rings is 1. The number of carbonyl (C=O) groups is 2. The van der Waals surface area contributed by atoms with Gasteiger partial charge < -0.3 is 10.4 Å². The second kappa shape index (κ2) is 6.17. The molecule has 0 aliphatic rings. The van der Waals surface area contributed by atoms with Crippen molar-refractivity contribution in [1.29, 1.82) is 0 Å². The Balaban J connectivity index is 2.87. The Kier molecular flexibility index (Phi) is 5.13. The molecule has 0 radical (unpaired) electrons. The third kappa shape index (κ3) is 3.69. The molecule has 0 aromatic heterocycles. The first kappa shape index (κ1) is 14.9. The lowest BCUT2D eigenvalue weighted by molar-refractivity contribution is -0.140. The van der Waals surface area contributed by atoms with Crippen LogP contribution in [0.4, 0.5) is 0 Å². The minimum Gasteiger partial charge on any atom is -0.480 e. The van der Waals surface area contributed by atoms with E-state index in [0.717, 1.165) is 9.13 Å². The summed E-state index contributed by atoms with van der Waals surface area (Å²) in [6.45, 7) is 5.48. The van der Waals surface area contributed by atoms with Crippen molar-refractivity contribution in [1.82, 2.24) is 5.32 Å². The molecule has 5 heteroatoms. The van der Waals surface area contributed by atoms with Gasteiger partial charge in [0.05, 0.1) is 0 Å². The molecule has 18 heavy (non-hydrogen) atoms. The monoisotopic (exact) mass is 361 g/mol. The second-order valence-electron chi connectivity index (χ2n) is 4.50. The fourth-order valence-electron chi connectivity index (χ4n) is 1.47. The summed E-state index contributed by atoms with van der Waals surface area (Å²) in [5, 5.41) is 11.6. The SMILES string of the molecule is Cc1ccc(C(=O)N[C@@H](C(=O)O)C(C)C)cc1I. The van der Waals surface area contributed by atoms with E-state index in [1.807, 2.05) is 13.0 Å². The number of carbonyl (C=O) groups excluding carboxylic acids is 1. The van der Waals surface area contributed by atoms with Gasteiger partial charge in [-0.3, -0.25) is 4.79 Å². The first-order valence-corrected chi connectivity index (χ1v) is 6.70. The Morgan fingerprint density at radius 2 is 1.94 bits per heavy atom. The molecule has 0 spiro atoms. The van der Waals surface area contributed by atoms with Gasteiger partial charge in [0.2, 0.25) is 0 Å². The van der Waals surface area contributed by atoms with Crippen molar-refractivity contribution >= 4 is 34.5 Å². The topological polar surface area (TPSA) is 66.4 Å². The van der Waals surface area contributed by atoms with E-state index in [0.29, 0.717) is 5.56 Å². The summed E-state index contributed by atoms with van der Waals surface area (Å²) in [5.41, 5.74) is 1.57. The molecule has 4 nitrogen and oxygen atoms in total. The maximum Gasteiger partial charge on any atom is 0.326 e. The van der Waals surface area contributed by atoms with E-state index >= 15 is 0 Å². The third-order valence-electron chi connectivity index (χ3n) is 2.65. The quantitative estimate of drug-likeness (QED) is 0.810. The van der Waals surface area contributed by atoms with Crippen molar-refractivity contribution in [2.45, 2.75) is 26.8 Å². The van der Waals surface area contributed by atoms with Crippen LogP contribution in [-0.4, -0.2) is 23.0 Å². The van der Waals surface area contributed by atoms with E-state index in [1.165, 1.54) is 0 Å². The lowest BCUT2D eigenvalue weighted by atomic mass is 10.0. The minimum atomic E-state index is -1.01. The van der Waals surface area contributed by atoms with Crippen molar-refractivity contribution in [3.63, 3.8) is 0 Å². The first-order chi connectivity index (χ1) is 8.32. The molecule has 0 saturated heterocycles. The van der Waals surface area contributed by atoms with Crippen LogP contribution in [0.1, 0.15) is 29.8 Å². The van der Waals surface area contributed by atoms with Crippen LogP contribution in [0.3, 0.4) is 0 Å². The molecule has 1 rings (SSSR count). The highest BCUT2D eigenvalue weighted by atomic mass is 127. The second-order valence-corrected chi connectivity index (χ2v) is 5.66. The maximum absolute atomic E-state index is 11.9. The molecule has 0 aliphatic heterocycles. The zero-order chi connectivity index (χ0) is 13.9. The Labute approximate surface area is 120 Å². The van der Waals surface area contributed by atoms with Crippen LogP contribution >= 0.6 is 22.6 Å². The number of carboxylic acid groups (broad SMARTS) is 1. The number of nitrogens with one attached hydrogen (secondary N) is 1. The fourth-order valence-corrected chi connectivity index (χ4v) is 1.99. The Bertz CT molecular complexity index is 471. The van der Waals surface area contributed by atoms with Crippen molar-refractivity contribution < 1.29 is 14.7 Å². The molecule has 0 aliphatic carbocycles. The summed E-state index contributed by atoms with van der Waals surface area (Å²) < 4.78 is 0.983. The average molecular weight is 361 g/mol. The molecular formula is C13H16INO3. The van der Waals surface area contributed by atoms with Crippen LogP contribution in [0.2, 0.25) is 0 Å². The first-order valence-electron chi connectivity index (χ1n) is 5.62. The number of hydrogen-bond acceptors (Lipinski definition) is 2. The number of amides is 1. The van der Waals surface area contributed by atoms with Gasteiger partial charge in [0.15, 0.2) is 0 Å². The molecule has 1 amide bonds. The third-order valence-corrected chi connectivity index (χ3v) is 3.82. The number of rotatable bonds is 4. The molecule has 0 saturated carbocycles. The number of aryl methyl sites for hydroxylation is 1. The van der Waals surface area contributed by atoms with Gasteiger partial charge in [0.25, 0.3) is 5.91 Å². The molecule has 1 atom stereocenters. The zero-order valence-electron chi connectivity index (χ0n) is 10.5. The van der Waals surface area contributed by atoms with Crippen LogP contribution in [0, 0.1) is 16.4 Å². The van der Waals surface area contributed by atoms with Gasteiger partial charge in [-0.05, 0) is 53.1 Å². The molecular weight excluding hydrogens is 345 g/mol. The highest BCUT2D eigenvalue weighted by Crippen LogP contribution is 2.14. The number of carboxylic acids is 1. The van der Waals surface area contributed by atoms with Crippen molar-refractivity contribution in [3.8, 4) is 0 Å². The van der Waals surface area contributed by atoms with Crippen molar-refractivity contribution in [3.05, 3.63) is 32.9 Å². The smallest absolute Gasteiger partial charge is 0.326 e. The highest BCUT2D eigenvalue weighted by Gasteiger charge is 2.23. The molecule has 1 aromatic carbocycles. The van der Waals surface area contributed by atoms with Crippen molar-refractivity contribution in [2.75, 3.05) is 0 Å². The number of hydrogen-bond donors (Lipinski definition) is 2. The average Bonchev–Trinajstić information content (AvgIpc) is 2.28. The summed E-state index contributed by atoms with van der Waals surface area (Å²) in [4.78, 5) is 23.0. The summed E-state index contributed by atoms with van der Waals surface area (Å²) in [5.74, 6) is -1.52. The molecule has 98 valence electrons. The number of aliphatic carboxylic acids is 1. The van der Waals surface area contributed by atoms with Crippen LogP contribution in [0.5, 0.6) is 0 Å². The van der Waals surface area contributed by atoms with Gasteiger partial charge in [-0.1, -0.05) is 19.9 Å². The minimum absolute atomic E-state index is 0.157. The molecule has 0 unspecified atom stereocenters. The Hall–Kier alpha value is -1.11. The van der Waals surface area contributed by atoms with Crippen LogP contribution < -0.4 is 5.32 Å². The molecule has 2 N–H and O–H groups in total. The van der Waals surface area contributed by atoms with E-state index in [4.69, 9.17) is 5.11 Å². The van der Waals surface area contributed by atoms with E-state index in [1.54, 1.807) is 26.0 Å². The van der Waals surface area contributed by atoms with Gasteiger partial charge >= 0.3 is 5.97 Å². The molecule has 0 bridgehead atoms. The van der Waals surface area contributed by atoms with Gasteiger partial charge in [0.1, 0.15) is 6.04 Å². The van der Waals surface area contributed by atoms with Crippen LogP contribution in [0.15, 0.2) is 18.2 Å². The Morgan fingerprint density at radius 3 is 2.39 bits per heavy atom. The number of halogens is 1. The zero-order valence-corrected chi connectivity index (χ0v) is 12.7. The van der Waals surface area contributed by atoms with E-state index in [-0.39, 0.29) is 11.8 Å². The normalized spacial score (nSPS) is 12.3. The van der Waals surface area contributed by atoms with Crippen LogP contribution in [0.25, 0.3) is 0 Å². The molecule has 0 fully saturated rings. The van der Waals surface area contributed by atoms with Gasteiger partial charge in [-0.25, -0.2) is 4.79 Å². The highest BCUT2D eigenvalue weighted by molar-refractivity contribution is 14.1. The van der Waals surface area contributed by atoms with Crippen molar-refractivity contribution in [2.24, 2.45) is 5.92 Å². The van der Waals surface area contributed by atoms with Gasteiger partial charge in [0, 0.05) is 9.13 Å².